The molecule has 8 heteroatoms. The number of benzene rings is 7. The van der Waals surface area contributed by atoms with Crippen LogP contribution in [0.4, 0.5) is 28.4 Å². The minimum absolute atomic E-state index is 0.0320. The summed E-state index contributed by atoms with van der Waals surface area (Å²) in [4.78, 5) is 4.62. The summed E-state index contributed by atoms with van der Waals surface area (Å²) in [6.07, 6.45) is 6.20. The molecular formula is C67H65ClN2O5. The van der Waals surface area contributed by atoms with Gasteiger partial charge in [0.05, 0.1) is 42.8 Å². The molecule has 4 aliphatic rings. The Morgan fingerprint density at radius 3 is 1.79 bits per heavy atom. The second-order valence-electron chi connectivity index (χ2n) is 23.1. The summed E-state index contributed by atoms with van der Waals surface area (Å²) in [5, 5.41) is 1.69. The van der Waals surface area contributed by atoms with Crippen molar-refractivity contribution in [3.05, 3.63) is 196 Å². The molecule has 0 N–H and O–H groups in total. The Morgan fingerprint density at radius 1 is 0.533 bits per heavy atom. The molecule has 75 heavy (non-hydrogen) atoms. The summed E-state index contributed by atoms with van der Waals surface area (Å²) in [6.45, 7) is 20.6. The van der Waals surface area contributed by atoms with Crippen molar-refractivity contribution in [2.24, 2.45) is 0 Å². The van der Waals surface area contributed by atoms with Gasteiger partial charge < -0.3 is 33.2 Å². The lowest BCUT2D eigenvalue weighted by atomic mass is 9.81. The van der Waals surface area contributed by atoms with E-state index in [4.69, 9.17) is 35.0 Å². The monoisotopic (exact) mass is 1010 g/mol. The fraction of sp³-hybridized carbons (Fsp3) is 0.284. The fourth-order valence-corrected chi connectivity index (χ4v) is 11.5. The molecule has 0 spiro atoms. The molecule has 1 atom stereocenters. The number of anilines is 5. The van der Waals surface area contributed by atoms with E-state index in [1.807, 2.05) is 18.2 Å². The lowest BCUT2D eigenvalue weighted by Gasteiger charge is -2.35. The van der Waals surface area contributed by atoms with Crippen molar-refractivity contribution in [3.63, 3.8) is 0 Å². The third kappa shape index (κ3) is 9.08. The van der Waals surface area contributed by atoms with Crippen LogP contribution in [-0.2, 0) is 25.7 Å². The van der Waals surface area contributed by atoms with Crippen LogP contribution in [0.25, 0.3) is 44.5 Å². The molecule has 3 heterocycles. The van der Waals surface area contributed by atoms with Gasteiger partial charge in [0.15, 0.2) is 11.5 Å². The number of allylic oxidation sites excluding steroid dienone is 2. The van der Waals surface area contributed by atoms with Crippen molar-refractivity contribution in [1.29, 1.82) is 0 Å². The number of rotatable bonds is 8. The van der Waals surface area contributed by atoms with Gasteiger partial charge in [0.25, 0.3) is 0 Å². The molecule has 2 aliphatic heterocycles. The van der Waals surface area contributed by atoms with Crippen LogP contribution in [0.15, 0.2) is 174 Å². The maximum atomic E-state index is 8.21. The first kappa shape index (κ1) is 48.7. The van der Waals surface area contributed by atoms with E-state index in [0.717, 1.165) is 91.9 Å². The molecule has 0 bridgehead atoms. The van der Waals surface area contributed by atoms with Gasteiger partial charge in [0.1, 0.15) is 23.2 Å². The van der Waals surface area contributed by atoms with Crippen LogP contribution >= 0.6 is 11.6 Å². The van der Waals surface area contributed by atoms with E-state index >= 15 is 0 Å². The van der Waals surface area contributed by atoms with Crippen molar-refractivity contribution in [3.8, 4) is 45.1 Å². The lowest BCUT2D eigenvalue weighted by molar-refractivity contribution is 0.0670. The number of hydrogen-bond acceptors (Lipinski definition) is 7. The normalized spacial score (nSPS) is 16.9. The number of ether oxygens (including phenoxy) is 4. The van der Waals surface area contributed by atoms with Crippen molar-refractivity contribution in [2.45, 2.75) is 97.0 Å². The minimum Gasteiger partial charge on any atom is -0.495 e. The van der Waals surface area contributed by atoms with E-state index in [2.05, 4.69) is 205 Å². The highest BCUT2D eigenvalue weighted by Crippen LogP contribution is 2.54. The standard InChI is InChI=1S/C67H65ClN2O5/c1-65(2,3)46-17-21-48(22-18-46)69(49-23-19-47(20-24-49)66(4,5)6)56-37-45(42-15-27-52-53-28-16-44(36-55(53)67(7,8)54(52)35-42)61-39-43-13-9-10-14-58(43)75-61)38-57(64(56)68)70(50-25-29-59-62(40-50)73-33-11-31-71-59)51-26-30-60-63(41-51)74-34-12-32-72-60/h9-10,13-30,35-40,63H,11-12,31-34,41H2,1-8H3. The molecular weight excluding hydrogens is 948 g/mol. The van der Waals surface area contributed by atoms with Gasteiger partial charge in [0.2, 0.25) is 0 Å². The summed E-state index contributed by atoms with van der Waals surface area (Å²) < 4.78 is 31.8. The molecule has 0 saturated carbocycles. The number of hydrogen-bond donors (Lipinski definition) is 0. The molecule has 1 unspecified atom stereocenters. The van der Waals surface area contributed by atoms with E-state index in [-0.39, 0.29) is 22.3 Å². The maximum absolute atomic E-state index is 8.21. The van der Waals surface area contributed by atoms with E-state index in [9.17, 15) is 0 Å². The zero-order valence-electron chi connectivity index (χ0n) is 44.4. The predicted molar refractivity (Wildman–Crippen MR) is 307 cm³/mol. The van der Waals surface area contributed by atoms with Crippen molar-refractivity contribution in [2.75, 3.05) is 36.2 Å². The third-order valence-electron chi connectivity index (χ3n) is 15.5. The Kier molecular flexibility index (Phi) is 12.3. The zero-order chi connectivity index (χ0) is 51.8. The molecule has 1 aromatic heterocycles. The second kappa shape index (κ2) is 18.9. The summed E-state index contributed by atoms with van der Waals surface area (Å²) in [5.41, 5.74) is 16.8. The highest BCUT2D eigenvalue weighted by Gasteiger charge is 2.37. The van der Waals surface area contributed by atoms with Gasteiger partial charge in [-0.3, -0.25) is 0 Å². The summed E-state index contributed by atoms with van der Waals surface area (Å²) in [5.74, 6) is 3.15. The van der Waals surface area contributed by atoms with Crippen LogP contribution < -0.4 is 19.3 Å². The summed E-state index contributed by atoms with van der Waals surface area (Å²) in [6, 6.07) is 52.8. The van der Waals surface area contributed by atoms with Crippen LogP contribution in [0.5, 0.6) is 11.5 Å². The lowest BCUT2D eigenvalue weighted by Crippen LogP contribution is -2.27. The van der Waals surface area contributed by atoms with Gasteiger partial charge in [-0.1, -0.05) is 134 Å². The minimum atomic E-state index is -0.315. The molecule has 0 amide bonds. The van der Waals surface area contributed by atoms with Gasteiger partial charge in [-0.25, -0.2) is 0 Å². The highest BCUT2D eigenvalue weighted by atomic mass is 35.5. The Morgan fingerprint density at radius 2 is 1.12 bits per heavy atom. The van der Waals surface area contributed by atoms with Crippen LogP contribution in [0.3, 0.4) is 0 Å². The van der Waals surface area contributed by atoms with Crippen LogP contribution in [0.2, 0.25) is 5.02 Å². The van der Waals surface area contributed by atoms with Crippen molar-refractivity contribution in [1.82, 2.24) is 0 Å². The Balaban J connectivity index is 1.07. The van der Waals surface area contributed by atoms with Crippen molar-refractivity contribution >= 4 is 51.0 Å². The first-order valence-electron chi connectivity index (χ1n) is 26.6. The van der Waals surface area contributed by atoms with E-state index < -0.39 is 0 Å². The highest BCUT2D eigenvalue weighted by molar-refractivity contribution is 6.37. The number of nitrogens with zero attached hydrogens (tertiary/aromatic N) is 2. The average molecular weight is 1010 g/mol. The van der Waals surface area contributed by atoms with Gasteiger partial charge in [0, 0.05) is 64.5 Å². The van der Waals surface area contributed by atoms with Crippen molar-refractivity contribution < 1.29 is 23.4 Å². The maximum Gasteiger partial charge on any atom is 0.163 e. The Labute approximate surface area is 447 Å². The van der Waals surface area contributed by atoms with Crippen LogP contribution in [0.1, 0.15) is 96.9 Å². The van der Waals surface area contributed by atoms with Gasteiger partial charge in [-0.05, 0) is 140 Å². The van der Waals surface area contributed by atoms with E-state index in [1.54, 1.807) is 0 Å². The average Bonchev–Trinajstić information content (AvgIpc) is 3.67. The fourth-order valence-electron chi connectivity index (χ4n) is 11.2. The molecule has 8 aromatic rings. The largest absolute Gasteiger partial charge is 0.495 e. The van der Waals surface area contributed by atoms with Crippen LogP contribution in [0, 0.1) is 0 Å². The smallest absolute Gasteiger partial charge is 0.163 e. The predicted octanol–water partition coefficient (Wildman–Crippen LogP) is 18.1. The number of para-hydroxylation sites is 1. The van der Waals surface area contributed by atoms with E-state index in [1.165, 1.54) is 33.4 Å². The van der Waals surface area contributed by atoms with Crippen LogP contribution in [-0.4, -0.2) is 32.5 Å². The van der Waals surface area contributed by atoms with Gasteiger partial charge in [-0.15, -0.1) is 0 Å². The first-order chi connectivity index (χ1) is 36.1. The van der Waals surface area contributed by atoms with Gasteiger partial charge in [-0.2, -0.15) is 0 Å². The Bertz CT molecular complexity index is 3460. The topological polar surface area (TPSA) is 56.5 Å². The molecule has 380 valence electrons. The molecule has 7 nitrogen and oxygen atoms in total. The van der Waals surface area contributed by atoms with E-state index in [0.29, 0.717) is 43.6 Å². The molecule has 12 rings (SSSR count). The summed E-state index contributed by atoms with van der Waals surface area (Å²) in [7, 11) is 0. The SMILES string of the molecule is CC(C)(C)c1ccc(N(c2ccc(C(C)(C)C)cc2)c2cc(-c3ccc4c(c3)C(C)(C)c3cc(-c5cc6ccccc6o5)ccc3-4)cc(N(C3=CC=C4OCCCOC4C3)c3ccc4c(c3)OCCCO4)c2Cl)cc1. The molecule has 0 radical (unpaired) electrons. The molecule has 1 saturated heterocycles. The first-order valence-corrected chi connectivity index (χ1v) is 26.9. The third-order valence-corrected chi connectivity index (χ3v) is 15.9. The molecule has 7 aromatic carbocycles. The second-order valence-corrected chi connectivity index (χ2v) is 23.4. The zero-order valence-corrected chi connectivity index (χ0v) is 45.1. The number of furan rings is 1. The molecule has 1 fully saturated rings. The summed E-state index contributed by atoms with van der Waals surface area (Å²) >= 11 is 8.21. The number of halogens is 1. The number of fused-ring (bicyclic) bond motifs is 6. The quantitative estimate of drug-likeness (QED) is 0.150. The van der Waals surface area contributed by atoms with Gasteiger partial charge >= 0.3 is 0 Å². The Hall–Kier alpha value is -7.19. The molecule has 2 aliphatic carbocycles.